The van der Waals surface area contributed by atoms with Gasteiger partial charge in [-0.2, -0.15) is 0 Å². The van der Waals surface area contributed by atoms with Gasteiger partial charge in [-0.15, -0.1) is 0 Å². The van der Waals surface area contributed by atoms with Gasteiger partial charge in [-0.1, -0.05) is 0 Å². The summed E-state index contributed by atoms with van der Waals surface area (Å²) < 4.78 is 10.4. The lowest BCUT2D eigenvalue weighted by molar-refractivity contribution is 0.0420. The lowest BCUT2D eigenvalue weighted by Gasteiger charge is -2.31. The Morgan fingerprint density at radius 3 is 2.74 bits per heavy atom. The van der Waals surface area contributed by atoms with E-state index in [2.05, 4.69) is 5.32 Å². The van der Waals surface area contributed by atoms with Crippen LogP contribution in [0.3, 0.4) is 0 Å². The molecule has 1 aliphatic heterocycles. The fraction of sp³-hybridized carbons (Fsp3) is 0.462. The minimum atomic E-state index is -0.225. The van der Waals surface area contributed by atoms with Crippen molar-refractivity contribution in [3.05, 3.63) is 17.7 Å². The number of nitrogen functional groups attached to an aromatic ring is 1. The fourth-order valence-corrected chi connectivity index (χ4v) is 2.35. The number of rotatable bonds is 3. The van der Waals surface area contributed by atoms with Crippen LogP contribution in [0, 0.1) is 5.92 Å². The highest BCUT2D eigenvalue weighted by atomic mass is 16.7. The average Bonchev–Trinajstić information content (AvgIpc) is 2.78. The van der Waals surface area contributed by atoms with Gasteiger partial charge in [0.2, 0.25) is 6.79 Å². The molecule has 1 aliphatic carbocycles. The van der Waals surface area contributed by atoms with Gasteiger partial charge < -0.3 is 25.6 Å². The van der Waals surface area contributed by atoms with Gasteiger partial charge in [-0.05, 0) is 24.8 Å². The number of fused-ring (bicyclic) bond motifs is 1. The quantitative estimate of drug-likeness (QED) is 0.691. The Balaban J connectivity index is 1.66. The molecule has 0 unspecified atom stereocenters. The SMILES string of the molecule is Nc1cc2c(cc1C(=O)NCC1CC(O)C1)OCO2. The molecule has 1 amide bonds. The van der Waals surface area contributed by atoms with Crippen LogP contribution in [-0.4, -0.2) is 30.5 Å². The number of hydrogen-bond donors (Lipinski definition) is 3. The Hall–Kier alpha value is -1.95. The molecule has 4 N–H and O–H groups in total. The van der Waals surface area contributed by atoms with E-state index in [1.165, 1.54) is 0 Å². The zero-order valence-corrected chi connectivity index (χ0v) is 10.4. The van der Waals surface area contributed by atoms with E-state index in [1.54, 1.807) is 12.1 Å². The second-order valence-electron chi connectivity index (χ2n) is 4.99. The van der Waals surface area contributed by atoms with Crippen molar-refractivity contribution in [3.8, 4) is 11.5 Å². The number of nitrogens with two attached hydrogens (primary N) is 1. The van der Waals surface area contributed by atoms with Crippen LogP contribution in [0.1, 0.15) is 23.2 Å². The molecule has 0 atom stereocenters. The maximum atomic E-state index is 12.0. The van der Waals surface area contributed by atoms with E-state index in [1.807, 2.05) is 0 Å². The van der Waals surface area contributed by atoms with Crippen molar-refractivity contribution in [3.63, 3.8) is 0 Å². The van der Waals surface area contributed by atoms with Crippen LogP contribution in [-0.2, 0) is 0 Å². The minimum absolute atomic E-state index is 0.153. The molecule has 1 heterocycles. The summed E-state index contributed by atoms with van der Waals surface area (Å²) in [4.78, 5) is 12.0. The predicted octanol–water partition coefficient (Wildman–Crippen LogP) is 0.498. The smallest absolute Gasteiger partial charge is 0.253 e. The Bertz CT molecular complexity index is 512. The third kappa shape index (κ3) is 2.31. The van der Waals surface area contributed by atoms with Gasteiger partial charge in [0.1, 0.15) is 0 Å². The lowest BCUT2D eigenvalue weighted by atomic mass is 9.82. The molecule has 6 heteroatoms. The van der Waals surface area contributed by atoms with Crippen LogP contribution in [0.15, 0.2) is 12.1 Å². The van der Waals surface area contributed by atoms with Crippen molar-refractivity contribution in [2.24, 2.45) is 5.92 Å². The van der Waals surface area contributed by atoms with Crippen LogP contribution in [0.5, 0.6) is 11.5 Å². The highest BCUT2D eigenvalue weighted by molar-refractivity contribution is 6.00. The first-order chi connectivity index (χ1) is 9.13. The Morgan fingerprint density at radius 1 is 1.37 bits per heavy atom. The van der Waals surface area contributed by atoms with Crippen molar-refractivity contribution < 1.29 is 19.4 Å². The van der Waals surface area contributed by atoms with Gasteiger partial charge in [-0.3, -0.25) is 4.79 Å². The molecule has 0 radical (unpaired) electrons. The number of nitrogens with one attached hydrogen (secondary N) is 1. The third-order valence-electron chi connectivity index (χ3n) is 3.55. The number of carbonyl (C=O) groups is 1. The van der Waals surface area contributed by atoms with E-state index < -0.39 is 0 Å². The maximum Gasteiger partial charge on any atom is 0.253 e. The minimum Gasteiger partial charge on any atom is -0.454 e. The van der Waals surface area contributed by atoms with Gasteiger partial charge in [0, 0.05) is 18.3 Å². The van der Waals surface area contributed by atoms with Crippen molar-refractivity contribution in [2.45, 2.75) is 18.9 Å². The summed E-state index contributed by atoms with van der Waals surface area (Å²) in [6.07, 6.45) is 1.28. The van der Waals surface area contributed by atoms with E-state index in [9.17, 15) is 9.90 Å². The first kappa shape index (κ1) is 12.1. The number of ether oxygens (including phenoxy) is 2. The summed E-state index contributed by atoms with van der Waals surface area (Å²) in [6.45, 7) is 0.712. The van der Waals surface area contributed by atoms with E-state index in [0.29, 0.717) is 35.2 Å². The van der Waals surface area contributed by atoms with E-state index in [-0.39, 0.29) is 18.8 Å². The first-order valence-corrected chi connectivity index (χ1v) is 6.29. The van der Waals surface area contributed by atoms with Crippen LogP contribution < -0.4 is 20.5 Å². The summed E-state index contributed by atoms with van der Waals surface area (Å²) >= 11 is 0. The largest absolute Gasteiger partial charge is 0.454 e. The molecule has 0 aromatic heterocycles. The first-order valence-electron chi connectivity index (χ1n) is 6.29. The molecule has 1 aromatic rings. The Morgan fingerprint density at radius 2 is 2.05 bits per heavy atom. The number of benzene rings is 1. The normalized spacial score (nSPS) is 23.8. The van der Waals surface area contributed by atoms with E-state index >= 15 is 0 Å². The topological polar surface area (TPSA) is 93.8 Å². The lowest BCUT2D eigenvalue weighted by Crippen LogP contribution is -2.38. The van der Waals surface area contributed by atoms with E-state index in [4.69, 9.17) is 15.2 Å². The van der Waals surface area contributed by atoms with Crippen LogP contribution in [0.25, 0.3) is 0 Å². The highest BCUT2D eigenvalue weighted by Gasteiger charge is 2.27. The number of hydrogen-bond acceptors (Lipinski definition) is 5. The predicted molar refractivity (Wildman–Crippen MR) is 68.0 cm³/mol. The molecular weight excluding hydrogens is 248 g/mol. The Labute approximate surface area is 110 Å². The fourth-order valence-electron chi connectivity index (χ4n) is 2.35. The molecule has 6 nitrogen and oxygen atoms in total. The zero-order chi connectivity index (χ0) is 13.4. The van der Waals surface area contributed by atoms with Crippen LogP contribution in [0.2, 0.25) is 0 Å². The molecule has 2 aliphatic rings. The molecule has 102 valence electrons. The van der Waals surface area contributed by atoms with Crippen LogP contribution in [0.4, 0.5) is 5.69 Å². The molecule has 1 aromatic carbocycles. The average molecular weight is 264 g/mol. The summed E-state index contributed by atoms with van der Waals surface area (Å²) in [5.41, 5.74) is 6.60. The summed E-state index contributed by atoms with van der Waals surface area (Å²) in [7, 11) is 0. The molecule has 3 rings (SSSR count). The van der Waals surface area contributed by atoms with Gasteiger partial charge in [0.05, 0.1) is 11.7 Å². The monoisotopic (exact) mass is 264 g/mol. The molecule has 0 spiro atoms. The molecule has 19 heavy (non-hydrogen) atoms. The van der Waals surface area contributed by atoms with Crippen LogP contribution >= 0.6 is 0 Å². The van der Waals surface area contributed by atoms with Gasteiger partial charge in [-0.25, -0.2) is 0 Å². The second-order valence-corrected chi connectivity index (χ2v) is 4.99. The number of aliphatic hydroxyl groups excluding tert-OH is 1. The zero-order valence-electron chi connectivity index (χ0n) is 10.4. The van der Waals surface area contributed by atoms with Gasteiger partial charge >= 0.3 is 0 Å². The van der Waals surface area contributed by atoms with Crippen molar-refractivity contribution in [1.29, 1.82) is 0 Å². The standard InChI is InChI=1S/C13H16N2O4/c14-10-4-12-11(18-6-19-12)3-9(10)13(17)15-5-7-1-8(16)2-7/h3-4,7-8,16H,1-2,5-6,14H2,(H,15,17). The third-order valence-corrected chi connectivity index (χ3v) is 3.55. The maximum absolute atomic E-state index is 12.0. The molecule has 1 saturated carbocycles. The van der Waals surface area contributed by atoms with Crippen molar-refractivity contribution >= 4 is 11.6 Å². The highest BCUT2D eigenvalue weighted by Crippen LogP contribution is 2.36. The number of amides is 1. The number of aliphatic hydroxyl groups is 1. The number of anilines is 1. The summed E-state index contributed by atoms with van der Waals surface area (Å²) in [5.74, 6) is 1.24. The molecule has 0 bridgehead atoms. The molecule has 1 fully saturated rings. The molecular formula is C13H16N2O4. The Kier molecular flexibility index (Phi) is 2.94. The molecule has 0 saturated heterocycles. The second kappa shape index (κ2) is 4.62. The van der Waals surface area contributed by atoms with Gasteiger partial charge in [0.15, 0.2) is 11.5 Å². The van der Waals surface area contributed by atoms with E-state index in [0.717, 1.165) is 12.8 Å². The van der Waals surface area contributed by atoms with Crippen molar-refractivity contribution in [1.82, 2.24) is 5.32 Å². The van der Waals surface area contributed by atoms with Crippen molar-refractivity contribution in [2.75, 3.05) is 19.1 Å². The number of carbonyl (C=O) groups excluding carboxylic acids is 1. The summed E-state index contributed by atoms with van der Waals surface area (Å²) in [5, 5.41) is 12.0. The van der Waals surface area contributed by atoms with Gasteiger partial charge in [0.25, 0.3) is 5.91 Å². The summed E-state index contributed by atoms with van der Waals surface area (Å²) in [6, 6.07) is 3.20.